The fourth-order valence-corrected chi connectivity index (χ4v) is 1.35. The van der Waals surface area contributed by atoms with Crippen molar-refractivity contribution in [3.8, 4) is 0 Å². The molecule has 0 fully saturated rings. The minimum atomic E-state index is -0.351. The van der Waals surface area contributed by atoms with Crippen molar-refractivity contribution in [2.45, 2.75) is 0 Å². The van der Waals surface area contributed by atoms with Gasteiger partial charge in [0.2, 0.25) is 0 Å². The predicted octanol–water partition coefficient (Wildman–Crippen LogP) is 2.43. The minimum absolute atomic E-state index is 0.351. The number of esters is 1. The quantitative estimate of drug-likeness (QED) is 0.638. The Balaban J connectivity index is 2.56. The lowest BCUT2D eigenvalue weighted by atomic mass is 10.1. The van der Waals surface area contributed by atoms with Gasteiger partial charge in [-0.3, -0.25) is 0 Å². The summed E-state index contributed by atoms with van der Waals surface area (Å²) in [7, 11) is 1.37. The summed E-state index contributed by atoms with van der Waals surface area (Å²) in [5.41, 5.74) is 0.464. The molecule has 2 heteroatoms. The molecule has 0 aliphatic heterocycles. The van der Waals surface area contributed by atoms with Crippen LogP contribution in [0.2, 0.25) is 0 Å². The highest BCUT2D eigenvalue weighted by atomic mass is 16.5. The second-order valence-electron chi connectivity index (χ2n) is 2.97. The van der Waals surface area contributed by atoms with Crippen molar-refractivity contribution in [2.75, 3.05) is 7.11 Å². The van der Waals surface area contributed by atoms with Crippen LogP contribution in [0.3, 0.4) is 0 Å². The highest BCUT2D eigenvalue weighted by Crippen LogP contribution is 2.15. The molecule has 0 aliphatic rings. The second kappa shape index (κ2) is 3.50. The summed E-state index contributed by atoms with van der Waals surface area (Å²) in [6, 6.07) is 14.3. The molecule has 0 aliphatic carbocycles. The van der Waals surface area contributed by atoms with E-state index in [1.807, 2.05) is 24.3 Å². The third-order valence-electron chi connectivity index (χ3n) is 2.08. The molecule has 2 nitrogen and oxygen atoms in total. The lowest BCUT2D eigenvalue weighted by Crippen LogP contribution is -2.00. The number of carbonyl (C=O) groups excluding carboxylic acids is 1. The van der Waals surface area contributed by atoms with E-state index in [4.69, 9.17) is 0 Å². The van der Waals surface area contributed by atoms with Crippen LogP contribution >= 0.6 is 0 Å². The van der Waals surface area contributed by atoms with E-state index in [2.05, 4.69) is 10.8 Å². The number of hydrogen-bond acceptors (Lipinski definition) is 2. The maximum atomic E-state index is 11.2. The van der Waals surface area contributed by atoms with Gasteiger partial charge in [0.25, 0.3) is 0 Å². The molecule has 0 amide bonds. The van der Waals surface area contributed by atoms with Gasteiger partial charge >= 0.3 is 5.97 Å². The van der Waals surface area contributed by atoms with Crippen molar-refractivity contribution in [3.05, 3.63) is 48.0 Å². The number of rotatable bonds is 1. The number of carbonyl (C=O) groups is 1. The Labute approximate surface area is 82.1 Å². The predicted molar refractivity (Wildman–Crippen MR) is 54.1 cm³/mol. The van der Waals surface area contributed by atoms with E-state index in [-0.39, 0.29) is 5.97 Å². The van der Waals surface area contributed by atoms with Crippen LogP contribution in [0.5, 0.6) is 0 Å². The summed E-state index contributed by atoms with van der Waals surface area (Å²) >= 11 is 0. The molecule has 0 heterocycles. The Bertz CT molecular complexity index is 474. The normalized spacial score (nSPS) is 10.1. The average Bonchev–Trinajstić information content (AvgIpc) is 2.27. The van der Waals surface area contributed by atoms with Gasteiger partial charge in [0, 0.05) is 0 Å². The Morgan fingerprint density at radius 2 is 2.00 bits per heavy atom. The van der Waals surface area contributed by atoms with Crippen LogP contribution in [0.1, 0.15) is 10.4 Å². The van der Waals surface area contributed by atoms with Crippen LogP contribution in [0.15, 0.2) is 36.4 Å². The molecule has 0 saturated heterocycles. The van der Waals surface area contributed by atoms with E-state index in [1.54, 1.807) is 12.1 Å². The molecule has 0 bridgehead atoms. The van der Waals surface area contributed by atoms with Gasteiger partial charge in [-0.05, 0) is 29.0 Å². The van der Waals surface area contributed by atoms with Crippen LogP contribution < -0.4 is 0 Å². The van der Waals surface area contributed by atoms with Gasteiger partial charge in [-0.2, -0.15) is 0 Å². The van der Waals surface area contributed by atoms with E-state index in [0.29, 0.717) is 5.56 Å². The van der Waals surface area contributed by atoms with Crippen molar-refractivity contribution in [2.24, 2.45) is 0 Å². The molecule has 0 spiro atoms. The van der Waals surface area contributed by atoms with Crippen LogP contribution in [-0.2, 0) is 4.74 Å². The van der Waals surface area contributed by atoms with E-state index in [9.17, 15) is 4.79 Å². The van der Waals surface area contributed by atoms with Gasteiger partial charge in [0.1, 0.15) is 0 Å². The molecule has 69 valence electrons. The number of ether oxygens (including phenoxy) is 1. The summed E-state index contributed by atoms with van der Waals surface area (Å²) in [4.78, 5) is 11.2. The highest BCUT2D eigenvalue weighted by Gasteiger charge is 2.05. The SMILES string of the molecule is COC(=O)c1[c]cc2ccccc2c1. The molecule has 1 radical (unpaired) electrons. The van der Waals surface area contributed by atoms with Crippen LogP contribution in [0.4, 0.5) is 0 Å². The zero-order valence-corrected chi connectivity index (χ0v) is 7.78. The van der Waals surface area contributed by atoms with Gasteiger partial charge < -0.3 is 4.74 Å². The molecule has 14 heavy (non-hydrogen) atoms. The third kappa shape index (κ3) is 1.46. The van der Waals surface area contributed by atoms with Crippen LogP contribution in [0.25, 0.3) is 10.8 Å². The van der Waals surface area contributed by atoms with Gasteiger partial charge in [0.15, 0.2) is 0 Å². The molecular weight excluding hydrogens is 176 g/mol. The van der Waals surface area contributed by atoms with Gasteiger partial charge in [-0.15, -0.1) is 0 Å². The Morgan fingerprint density at radius 1 is 1.29 bits per heavy atom. The summed E-state index contributed by atoms with van der Waals surface area (Å²) in [5.74, 6) is -0.351. The molecule has 2 aromatic rings. The van der Waals surface area contributed by atoms with Crippen molar-refractivity contribution in [3.63, 3.8) is 0 Å². The van der Waals surface area contributed by atoms with Crippen LogP contribution in [0, 0.1) is 6.07 Å². The lowest BCUT2D eigenvalue weighted by molar-refractivity contribution is 0.0600. The molecule has 0 aromatic heterocycles. The summed E-state index contributed by atoms with van der Waals surface area (Å²) in [6.07, 6.45) is 0. The fraction of sp³-hybridized carbons (Fsp3) is 0.0833. The van der Waals surface area contributed by atoms with E-state index in [1.165, 1.54) is 7.11 Å². The number of benzene rings is 2. The van der Waals surface area contributed by atoms with Crippen molar-refractivity contribution in [1.29, 1.82) is 0 Å². The van der Waals surface area contributed by atoms with E-state index >= 15 is 0 Å². The second-order valence-corrected chi connectivity index (χ2v) is 2.97. The standard InChI is InChI=1S/C12H9O2/c1-14-12(13)11-7-6-9-4-2-3-5-10(9)8-11/h2-6,8H,1H3. The first-order valence-corrected chi connectivity index (χ1v) is 4.30. The maximum absolute atomic E-state index is 11.2. The number of fused-ring (bicyclic) bond motifs is 1. The topological polar surface area (TPSA) is 26.3 Å². The summed E-state index contributed by atoms with van der Waals surface area (Å²) in [5, 5.41) is 2.09. The third-order valence-corrected chi connectivity index (χ3v) is 2.08. The first kappa shape index (κ1) is 8.75. The van der Waals surface area contributed by atoms with Crippen LogP contribution in [-0.4, -0.2) is 13.1 Å². The largest absolute Gasteiger partial charge is 0.465 e. The fourth-order valence-electron chi connectivity index (χ4n) is 1.35. The monoisotopic (exact) mass is 185 g/mol. The summed E-state index contributed by atoms with van der Waals surface area (Å²) < 4.78 is 4.61. The van der Waals surface area contributed by atoms with Crippen molar-refractivity contribution in [1.82, 2.24) is 0 Å². The number of methoxy groups -OCH3 is 1. The summed E-state index contributed by atoms with van der Waals surface area (Å²) in [6.45, 7) is 0. The van der Waals surface area contributed by atoms with Gasteiger partial charge in [0.05, 0.1) is 12.7 Å². The zero-order chi connectivity index (χ0) is 9.97. The van der Waals surface area contributed by atoms with E-state index in [0.717, 1.165) is 10.8 Å². The highest BCUT2D eigenvalue weighted by molar-refractivity contribution is 5.94. The number of hydrogen-bond donors (Lipinski definition) is 0. The first-order chi connectivity index (χ1) is 6.81. The van der Waals surface area contributed by atoms with Gasteiger partial charge in [-0.25, -0.2) is 4.79 Å². The minimum Gasteiger partial charge on any atom is -0.465 e. The Morgan fingerprint density at radius 3 is 2.71 bits per heavy atom. The Hall–Kier alpha value is -1.83. The smallest absolute Gasteiger partial charge is 0.338 e. The van der Waals surface area contributed by atoms with Crippen molar-refractivity contribution < 1.29 is 9.53 Å². The maximum Gasteiger partial charge on any atom is 0.338 e. The molecule has 0 unspecified atom stereocenters. The first-order valence-electron chi connectivity index (χ1n) is 4.30. The van der Waals surface area contributed by atoms with Crippen molar-refractivity contribution >= 4 is 16.7 Å². The molecule has 0 atom stereocenters. The molecular formula is C12H9O2. The molecule has 0 saturated carbocycles. The molecule has 0 N–H and O–H groups in total. The molecule has 2 rings (SSSR count). The lowest BCUT2D eigenvalue weighted by Gasteiger charge is -2.00. The molecule has 2 aromatic carbocycles. The zero-order valence-electron chi connectivity index (χ0n) is 7.78. The Kier molecular flexibility index (Phi) is 2.19. The van der Waals surface area contributed by atoms with E-state index < -0.39 is 0 Å². The van der Waals surface area contributed by atoms with Gasteiger partial charge in [-0.1, -0.05) is 24.3 Å². The average molecular weight is 185 g/mol.